The molecule has 0 bridgehead atoms. The van der Waals surface area contributed by atoms with Gasteiger partial charge in [0, 0.05) is 17.5 Å². The fourth-order valence-electron chi connectivity index (χ4n) is 4.42. The van der Waals surface area contributed by atoms with E-state index < -0.39 is 19.7 Å². The van der Waals surface area contributed by atoms with Gasteiger partial charge in [0.25, 0.3) is 5.91 Å². The number of rotatable bonds is 4. The van der Waals surface area contributed by atoms with Crippen molar-refractivity contribution in [2.45, 2.75) is 43.0 Å². The molecule has 170 valence electrons. The van der Waals surface area contributed by atoms with Crippen molar-refractivity contribution in [3.8, 4) is 0 Å². The quantitative estimate of drug-likeness (QED) is 0.590. The van der Waals surface area contributed by atoms with Crippen molar-refractivity contribution in [1.82, 2.24) is 14.8 Å². The molecule has 1 amide bonds. The molecular formula is C20H22N4O5S3. The van der Waals surface area contributed by atoms with Gasteiger partial charge in [0.2, 0.25) is 0 Å². The Labute approximate surface area is 189 Å². The summed E-state index contributed by atoms with van der Waals surface area (Å²) in [6, 6.07) is 4.44. The Bertz CT molecular complexity index is 1450. The smallest absolute Gasteiger partial charge is 0.278 e. The van der Waals surface area contributed by atoms with Crippen LogP contribution in [0.3, 0.4) is 0 Å². The van der Waals surface area contributed by atoms with Gasteiger partial charge in [-0.1, -0.05) is 11.3 Å². The standard InChI is InChI=1S/C20H22N4O5S3/c1-31(26,27)13-6-7-15-17(10-13)30-20(21-15)22-19(25)18-14-4-2-3-5-16(14)24(23-18)12-8-9-32(28,29)11-12/h6-7,10,12H,2-5,8-9,11H2,1H3,(H,21,22,25)/t12-/m0/s1. The summed E-state index contributed by atoms with van der Waals surface area (Å²) in [5, 5.41) is 7.73. The zero-order valence-corrected chi connectivity index (χ0v) is 19.8. The largest absolute Gasteiger partial charge is 0.296 e. The first-order valence-electron chi connectivity index (χ1n) is 10.3. The predicted octanol–water partition coefficient (Wildman–Crippen LogP) is 2.39. The van der Waals surface area contributed by atoms with Gasteiger partial charge < -0.3 is 0 Å². The van der Waals surface area contributed by atoms with Gasteiger partial charge in [-0.15, -0.1) is 0 Å². The predicted molar refractivity (Wildman–Crippen MR) is 122 cm³/mol. The van der Waals surface area contributed by atoms with Crippen LogP contribution in [-0.4, -0.2) is 55.3 Å². The topological polar surface area (TPSA) is 128 Å². The summed E-state index contributed by atoms with van der Waals surface area (Å²) in [5.74, 6) is -0.178. The summed E-state index contributed by atoms with van der Waals surface area (Å²) < 4.78 is 50.0. The fourth-order valence-corrected chi connectivity index (χ4v) is 7.74. The number of carbonyl (C=O) groups excluding carboxylic acids is 1. The summed E-state index contributed by atoms with van der Waals surface area (Å²) in [7, 11) is -6.41. The zero-order chi connectivity index (χ0) is 22.7. The van der Waals surface area contributed by atoms with Gasteiger partial charge in [0.1, 0.15) is 0 Å². The number of nitrogens with one attached hydrogen (secondary N) is 1. The van der Waals surface area contributed by atoms with Crippen LogP contribution < -0.4 is 5.32 Å². The number of nitrogens with zero attached hydrogens (tertiary/aromatic N) is 3. The van der Waals surface area contributed by atoms with Gasteiger partial charge in [0.15, 0.2) is 30.5 Å². The van der Waals surface area contributed by atoms with E-state index in [2.05, 4.69) is 15.4 Å². The third-order valence-corrected chi connectivity index (χ3v) is 9.78. The Morgan fingerprint density at radius 3 is 2.75 bits per heavy atom. The van der Waals surface area contributed by atoms with Gasteiger partial charge in [-0.25, -0.2) is 21.8 Å². The maximum Gasteiger partial charge on any atom is 0.278 e. The third-order valence-electron chi connectivity index (χ3n) is 5.99. The van der Waals surface area contributed by atoms with Crippen LogP contribution in [0.5, 0.6) is 0 Å². The first-order valence-corrected chi connectivity index (χ1v) is 14.9. The van der Waals surface area contributed by atoms with Crippen molar-refractivity contribution in [2.24, 2.45) is 0 Å². The van der Waals surface area contributed by atoms with E-state index >= 15 is 0 Å². The SMILES string of the molecule is CS(=O)(=O)c1ccc2nc(NC(=O)c3nn([C@H]4CCS(=O)(=O)C4)c4c3CCCC4)sc2c1. The lowest BCUT2D eigenvalue weighted by Crippen LogP contribution is -2.17. The number of anilines is 1. The second kappa shape index (κ2) is 7.63. The van der Waals surface area contributed by atoms with E-state index in [0.717, 1.165) is 43.2 Å². The molecule has 1 atom stereocenters. The Balaban J connectivity index is 1.46. The molecule has 12 heteroatoms. The summed E-state index contributed by atoms with van der Waals surface area (Å²) in [6.45, 7) is 0. The van der Waals surface area contributed by atoms with E-state index in [0.29, 0.717) is 27.5 Å². The minimum atomic E-state index is -3.34. The highest BCUT2D eigenvalue weighted by Gasteiger charge is 2.34. The number of carbonyl (C=O) groups is 1. The van der Waals surface area contributed by atoms with Gasteiger partial charge in [-0.2, -0.15) is 5.10 Å². The van der Waals surface area contributed by atoms with E-state index in [1.807, 2.05) is 0 Å². The Morgan fingerprint density at radius 1 is 1.25 bits per heavy atom. The Kier molecular flexibility index (Phi) is 5.13. The highest BCUT2D eigenvalue weighted by Crippen LogP contribution is 2.33. The summed E-state index contributed by atoms with van der Waals surface area (Å²) >= 11 is 1.20. The van der Waals surface area contributed by atoms with E-state index in [1.54, 1.807) is 16.8 Å². The molecule has 0 saturated carbocycles. The van der Waals surface area contributed by atoms with Crippen LogP contribution in [-0.2, 0) is 32.5 Å². The van der Waals surface area contributed by atoms with Crippen LogP contribution in [0.1, 0.15) is 47.1 Å². The summed E-state index contributed by atoms with van der Waals surface area (Å²) in [4.78, 5) is 17.7. The van der Waals surface area contributed by atoms with Crippen molar-refractivity contribution in [2.75, 3.05) is 23.1 Å². The molecule has 3 heterocycles. The number of thiazole rings is 1. The molecule has 0 spiro atoms. The van der Waals surface area contributed by atoms with Crippen LogP contribution in [0.25, 0.3) is 10.2 Å². The fraction of sp³-hybridized carbons (Fsp3) is 0.450. The highest BCUT2D eigenvalue weighted by atomic mass is 32.2. The van der Waals surface area contributed by atoms with Crippen molar-refractivity contribution in [1.29, 1.82) is 0 Å². The number of sulfone groups is 2. The van der Waals surface area contributed by atoms with Crippen molar-refractivity contribution >= 4 is 52.3 Å². The molecule has 32 heavy (non-hydrogen) atoms. The van der Waals surface area contributed by atoms with Gasteiger partial charge in [-0.05, 0) is 50.3 Å². The van der Waals surface area contributed by atoms with Gasteiger partial charge in [-0.3, -0.25) is 14.8 Å². The third kappa shape index (κ3) is 3.95. The number of benzene rings is 1. The van der Waals surface area contributed by atoms with E-state index in [4.69, 9.17) is 0 Å². The molecule has 1 aromatic carbocycles. The minimum absolute atomic E-state index is 0.0583. The molecule has 5 rings (SSSR count). The molecule has 1 N–H and O–H groups in total. The first kappa shape index (κ1) is 21.5. The molecule has 2 aliphatic rings. The van der Waals surface area contributed by atoms with E-state index in [9.17, 15) is 21.6 Å². The average molecular weight is 495 g/mol. The number of hydrogen-bond donors (Lipinski definition) is 1. The lowest BCUT2D eigenvalue weighted by molar-refractivity contribution is 0.102. The second-order valence-corrected chi connectivity index (χ2v) is 13.6. The van der Waals surface area contributed by atoms with Crippen molar-refractivity contribution in [3.05, 3.63) is 35.2 Å². The lowest BCUT2D eigenvalue weighted by atomic mass is 9.95. The Hall–Kier alpha value is -2.31. The first-order chi connectivity index (χ1) is 15.1. The highest BCUT2D eigenvalue weighted by molar-refractivity contribution is 7.91. The van der Waals surface area contributed by atoms with Crippen LogP contribution in [0.15, 0.2) is 23.1 Å². The Morgan fingerprint density at radius 2 is 2.03 bits per heavy atom. The summed E-state index contributed by atoms with van der Waals surface area (Å²) in [5.41, 5.74) is 2.77. The molecule has 9 nitrogen and oxygen atoms in total. The maximum absolute atomic E-state index is 13.1. The van der Waals surface area contributed by atoms with Crippen LogP contribution in [0.4, 0.5) is 5.13 Å². The number of aromatic nitrogens is 3. The molecule has 1 fully saturated rings. The zero-order valence-electron chi connectivity index (χ0n) is 17.4. The minimum Gasteiger partial charge on any atom is -0.296 e. The van der Waals surface area contributed by atoms with E-state index in [1.165, 1.54) is 17.4 Å². The van der Waals surface area contributed by atoms with Crippen molar-refractivity contribution < 1.29 is 21.6 Å². The molecule has 1 aliphatic carbocycles. The number of fused-ring (bicyclic) bond motifs is 2. The number of hydrogen-bond acceptors (Lipinski definition) is 8. The van der Waals surface area contributed by atoms with Crippen LogP contribution in [0, 0.1) is 0 Å². The normalized spacial score (nSPS) is 20.3. The molecule has 0 unspecified atom stereocenters. The van der Waals surface area contributed by atoms with Crippen LogP contribution >= 0.6 is 11.3 Å². The molecular weight excluding hydrogens is 472 g/mol. The van der Waals surface area contributed by atoms with E-state index in [-0.39, 0.29) is 28.4 Å². The molecule has 1 aliphatic heterocycles. The molecule has 0 radical (unpaired) electrons. The summed E-state index contributed by atoms with van der Waals surface area (Å²) in [6.07, 6.45) is 5.11. The molecule has 2 aromatic heterocycles. The monoisotopic (exact) mass is 494 g/mol. The second-order valence-electron chi connectivity index (χ2n) is 8.36. The van der Waals surface area contributed by atoms with Crippen LogP contribution in [0.2, 0.25) is 0 Å². The van der Waals surface area contributed by atoms with Crippen molar-refractivity contribution in [3.63, 3.8) is 0 Å². The molecule has 1 saturated heterocycles. The lowest BCUT2D eigenvalue weighted by Gasteiger charge is -2.17. The maximum atomic E-state index is 13.1. The number of amides is 1. The molecule has 3 aromatic rings. The van der Waals surface area contributed by atoms with Gasteiger partial charge >= 0.3 is 0 Å². The average Bonchev–Trinajstić information content (AvgIpc) is 3.40. The van der Waals surface area contributed by atoms with Gasteiger partial charge in [0.05, 0.1) is 32.7 Å².